The van der Waals surface area contributed by atoms with Crippen molar-refractivity contribution in [3.8, 4) is 17.2 Å². The zero-order chi connectivity index (χ0) is 23.5. The van der Waals surface area contributed by atoms with Gasteiger partial charge in [0.1, 0.15) is 11.3 Å². The molecule has 0 saturated heterocycles. The van der Waals surface area contributed by atoms with Gasteiger partial charge in [0.05, 0.1) is 33.3 Å². The molecule has 33 heavy (non-hydrogen) atoms. The van der Waals surface area contributed by atoms with Crippen LogP contribution in [0.25, 0.3) is 21.9 Å². The van der Waals surface area contributed by atoms with Crippen LogP contribution in [0.4, 0.5) is 0 Å². The molecule has 0 radical (unpaired) electrons. The van der Waals surface area contributed by atoms with E-state index in [0.29, 0.717) is 46.6 Å². The molecule has 0 unspecified atom stereocenters. The number of carbonyl (C=O) groups is 1. The van der Waals surface area contributed by atoms with Crippen LogP contribution in [0.2, 0.25) is 0 Å². The van der Waals surface area contributed by atoms with E-state index in [-0.39, 0.29) is 12.3 Å². The van der Waals surface area contributed by atoms with Crippen molar-refractivity contribution in [3.63, 3.8) is 0 Å². The van der Waals surface area contributed by atoms with E-state index in [4.69, 9.17) is 18.6 Å². The van der Waals surface area contributed by atoms with Gasteiger partial charge < -0.3 is 28.9 Å². The summed E-state index contributed by atoms with van der Waals surface area (Å²) >= 11 is 0. The lowest BCUT2D eigenvalue weighted by Crippen LogP contribution is -2.29. The van der Waals surface area contributed by atoms with E-state index in [0.717, 1.165) is 22.2 Å². The lowest BCUT2D eigenvalue weighted by Gasteiger charge is -2.12. The van der Waals surface area contributed by atoms with Crippen molar-refractivity contribution in [1.82, 2.24) is 10.3 Å². The van der Waals surface area contributed by atoms with Gasteiger partial charge in [0, 0.05) is 35.1 Å². The fourth-order valence-electron chi connectivity index (χ4n) is 3.97. The summed E-state index contributed by atoms with van der Waals surface area (Å²) in [6, 6.07) is 9.19. The molecule has 0 aliphatic carbocycles. The third kappa shape index (κ3) is 4.37. The summed E-state index contributed by atoms with van der Waals surface area (Å²) in [6.07, 6.45) is 2.50. The predicted octanol–water partition coefficient (Wildman–Crippen LogP) is 3.51. The van der Waals surface area contributed by atoms with Gasteiger partial charge >= 0.3 is 5.63 Å². The number of nitrogens with one attached hydrogen (secondary N) is 2. The van der Waals surface area contributed by atoms with Crippen molar-refractivity contribution in [1.29, 1.82) is 0 Å². The van der Waals surface area contributed by atoms with Crippen LogP contribution in [0.5, 0.6) is 17.2 Å². The highest BCUT2D eigenvalue weighted by molar-refractivity contribution is 5.87. The zero-order valence-corrected chi connectivity index (χ0v) is 19.0. The van der Waals surface area contributed by atoms with Crippen molar-refractivity contribution < 1.29 is 23.4 Å². The van der Waals surface area contributed by atoms with Crippen LogP contribution in [0.1, 0.15) is 16.7 Å². The van der Waals surface area contributed by atoms with E-state index in [2.05, 4.69) is 10.3 Å². The average molecular weight is 450 g/mol. The number of rotatable bonds is 8. The Balaban J connectivity index is 1.48. The standard InChI is InChI=1S/C25H26N2O6/c1-14-17-10-22(31-3)23(32-4)12-21(17)33-25(29)18(14)11-24(28)26-8-7-15-13-27-20-6-5-16(30-2)9-19(15)20/h5-6,9-10,12-13,27H,7-8,11H2,1-4H3,(H,26,28). The molecule has 2 aromatic carbocycles. The van der Waals surface area contributed by atoms with Crippen LogP contribution >= 0.6 is 0 Å². The van der Waals surface area contributed by atoms with Crippen LogP contribution in [0.15, 0.2) is 45.7 Å². The molecule has 1 amide bonds. The van der Waals surface area contributed by atoms with Crippen LogP contribution in [0.3, 0.4) is 0 Å². The first-order valence-corrected chi connectivity index (χ1v) is 10.5. The number of fused-ring (bicyclic) bond motifs is 2. The van der Waals surface area contributed by atoms with E-state index in [1.807, 2.05) is 24.4 Å². The van der Waals surface area contributed by atoms with Crippen LogP contribution < -0.4 is 25.2 Å². The minimum Gasteiger partial charge on any atom is -0.497 e. The van der Waals surface area contributed by atoms with Crippen molar-refractivity contribution in [2.24, 2.45) is 0 Å². The molecule has 4 rings (SSSR count). The Morgan fingerprint density at radius 1 is 1.03 bits per heavy atom. The number of methoxy groups -OCH3 is 3. The normalized spacial score (nSPS) is 11.0. The topological polar surface area (TPSA) is 103 Å². The van der Waals surface area contributed by atoms with Gasteiger partial charge in [0.2, 0.25) is 5.91 Å². The molecule has 0 fully saturated rings. The quantitative estimate of drug-likeness (QED) is 0.398. The first kappa shape index (κ1) is 22.3. The van der Waals surface area contributed by atoms with Crippen LogP contribution in [-0.2, 0) is 17.6 Å². The van der Waals surface area contributed by atoms with Gasteiger partial charge in [-0.25, -0.2) is 4.79 Å². The summed E-state index contributed by atoms with van der Waals surface area (Å²) in [5.41, 5.74) is 2.94. The van der Waals surface area contributed by atoms with Crippen molar-refractivity contribution in [2.45, 2.75) is 19.8 Å². The number of aromatic amines is 1. The molecule has 4 aromatic rings. The van der Waals surface area contributed by atoms with Crippen LogP contribution in [-0.4, -0.2) is 38.8 Å². The van der Waals surface area contributed by atoms with E-state index in [1.165, 1.54) is 14.2 Å². The van der Waals surface area contributed by atoms with Gasteiger partial charge in [-0.1, -0.05) is 0 Å². The average Bonchev–Trinajstić information content (AvgIpc) is 3.23. The number of hydrogen-bond acceptors (Lipinski definition) is 6. The number of amides is 1. The Bertz CT molecular complexity index is 1390. The summed E-state index contributed by atoms with van der Waals surface area (Å²) < 4.78 is 21.4. The maximum absolute atomic E-state index is 12.6. The first-order chi connectivity index (χ1) is 15.9. The fourth-order valence-corrected chi connectivity index (χ4v) is 3.97. The van der Waals surface area contributed by atoms with E-state index < -0.39 is 5.63 Å². The molecule has 2 heterocycles. The predicted molar refractivity (Wildman–Crippen MR) is 126 cm³/mol. The molecule has 8 nitrogen and oxygen atoms in total. The van der Waals surface area contributed by atoms with Gasteiger partial charge in [0.25, 0.3) is 0 Å². The second-order valence-corrected chi connectivity index (χ2v) is 7.70. The monoisotopic (exact) mass is 450 g/mol. The molecule has 0 bridgehead atoms. The molecule has 0 spiro atoms. The summed E-state index contributed by atoms with van der Waals surface area (Å²) in [5.74, 6) is 1.52. The third-order valence-corrected chi connectivity index (χ3v) is 5.82. The molecule has 0 aliphatic heterocycles. The van der Waals surface area contributed by atoms with Gasteiger partial charge in [-0.2, -0.15) is 0 Å². The lowest BCUT2D eigenvalue weighted by atomic mass is 10.0. The molecule has 2 N–H and O–H groups in total. The molecular formula is C25H26N2O6. The number of ether oxygens (including phenoxy) is 3. The summed E-state index contributed by atoms with van der Waals surface area (Å²) in [5, 5.41) is 4.65. The minimum absolute atomic E-state index is 0.0693. The molecule has 172 valence electrons. The van der Waals surface area contributed by atoms with Crippen LogP contribution in [0, 0.1) is 6.92 Å². The second kappa shape index (κ2) is 9.28. The minimum atomic E-state index is -0.536. The lowest BCUT2D eigenvalue weighted by molar-refractivity contribution is -0.120. The molecule has 2 aromatic heterocycles. The van der Waals surface area contributed by atoms with Gasteiger partial charge in [-0.3, -0.25) is 4.79 Å². The number of aromatic nitrogens is 1. The van der Waals surface area contributed by atoms with E-state index >= 15 is 0 Å². The summed E-state index contributed by atoms with van der Waals surface area (Å²) in [7, 11) is 4.68. The SMILES string of the molecule is COc1ccc2[nH]cc(CCNC(=O)Cc3c(C)c4cc(OC)c(OC)cc4oc3=O)c2c1. The number of benzene rings is 2. The Morgan fingerprint density at radius 3 is 2.52 bits per heavy atom. The third-order valence-electron chi connectivity index (χ3n) is 5.82. The maximum Gasteiger partial charge on any atom is 0.340 e. The van der Waals surface area contributed by atoms with Gasteiger partial charge in [-0.05, 0) is 48.7 Å². The van der Waals surface area contributed by atoms with Gasteiger partial charge in [-0.15, -0.1) is 0 Å². The number of hydrogen-bond donors (Lipinski definition) is 2. The Hall–Kier alpha value is -3.94. The highest BCUT2D eigenvalue weighted by Crippen LogP contribution is 2.33. The van der Waals surface area contributed by atoms with Crippen molar-refractivity contribution >= 4 is 27.8 Å². The largest absolute Gasteiger partial charge is 0.497 e. The molecule has 0 aliphatic rings. The van der Waals surface area contributed by atoms with Crippen molar-refractivity contribution in [2.75, 3.05) is 27.9 Å². The molecule has 8 heteroatoms. The Morgan fingerprint density at radius 2 is 1.79 bits per heavy atom. The number of carbonyl (C=O) groups excluding carboxylic acids is 1. The highest BCUT2D eigenvalue weighted by atomic mass is 16.5. The maximum atomic E-state index is 12.6. The van der Waals surface area contributed by atoms with E-state index in [1.54, 1.807) is 26.2 Å². The number of H-pyrrole nitrogens is 1. The Kier molecular flexibility index (Phi) is 6.26. The molecular weight excluding hydrogens is 424 g/mol. The molecule has 0 atom stereocenters. The summed E-state index contributed by atoms with van der Waals surface area (Å²) in [4.78, 5) is 28.4. The first-order valence-electron chi connectivity index (χ1n) is 10.5. The van der Waals surface area contributed by atoms with Gasteiger partial charge in [0.15, 0.2) is 11.5 Å². The second-order valence-electron chi connectivity index (χ2n) is 7.70. The smallest absolute Gasteiger partial charge is 0.340 e. The van der Waals surface area contributed by atoms with E-state index in [9.17, 15) is 9.59 Å². The van der Waals surface area contributed by atoms with Crippen molar-refractivity contribution in [3.05, 3.63) is 63.6 Å². The fraction of sp³-hybridized carbons (Fsp3) is 0.280. The highest BCUT2D eigenvalue weighted by Gasteiger charge is 2.17. The Labute approximate surface area is 190 Å². The molecule has 0 saturated carbocycles. The zero-order valence-electron chi connectivity index (χ0n) is 19.0. The number of aryl methyl sites for hydroxylation is 1. The summed E-state index contributed by atoms with van der Waals surface area (Å²) in [6.45, 7) is 2.24.